The Bertz CT molecular complexity index is 33.8. The maximum atomic E-state index is 8.25. The van der Waals surface area contributed by atoms with Crippen LogP contribution in [0.5, 0.6) is 0 Å². The molecule has 0 fully saturated rings. The standard InChI is InChI=1S/Fe.K.NO3/c;;2-1(3)4/q;+1;-1. The van der Waals surface area contributed by atoms with Crippen molar-refractivity contribution >= 4 is 0 Å². The minimum atomic E-state index is -1.75. The normalized spacial score (nSPS) is 4.00. The third-order valence-corrected chi connectivity index (χ3v) is 0. The van der Waals surface area contributed by atoms with Crippen molar-refractivity contribution in [2.75, 3.05) is 0 Å². The first-order chi connectivity index (χ1) is 1.73. The van der Waals surface area contributed by atoms with Crippen molar-refractivity contribution < 1.29 is 73.5 Å². The van der Waals surface area contributed by atoms with Crippen LogP contribution in [0.25, 0.3) is 0 Å². The number of hydrogen-bond acceptors (Lipinski definition) is 3. The van der Waals surface area contributed by atoms with E-state index in [1.165, 1.54) is 0 Å². The smallest absolute Gasteiger partial charge is 0.356 e. The van der Waals surface area contributed by atoms with Gasteiger partial charge in [-0.05, 0) is 0 Å². The first kappa shape index (κ1) is 15.7. The summed E-state index contributed by atoms with van der Waals surface area (Å²) in [7, 11) is 0. The first-order valence-corrected chi connectivity index (χ1v) is 0.548. The van der Waals surface area contributed by atoms with Crippen LogP contribution in [-0.4, -0.2) is 5.09 Å². The second kappa shape index (κ2) is 9.61. The molecule has 0 bridgehead atoms. The number of hydrogen-bond donors (Lipinski definition) is 0. The van der Waals surface area contributed by atoms with Crippen LogP contribution in [0.15, 0.2) is 0 Å². The fraction of sp³-hybridized carbons (Fsp3) is 0. The summed E-state index contributed by atoms with van der Waals surface area (Å²) in [5, 5.41) is 14.8. The van der Waals surface area contributed by atoms with Gasteiger partial charge < -0.3 is 15.3 Å². The molecule has 0 aliphatic carbocycles. The van der Waals surface area contributed by atoms with Crippen molar-refractivity contribution in [3.8, 4) is 0 Å². The van der Waals surface area contributed by atoms with Crippen LogP contribution in [0.4, 0.5) is 0 Å². The molecule has 0 unspecified atom stereocenters. The molecule has 0 saturated carbocycles. The molecule has 0 aromatic rings. The van der Waals surface area contributed by atoms with E-state index in [0.717, 1.165) is 0 Å². The van der Waals surface area contributed by atoms with Crippen LogP contribution in [0.1, 0.15) is 0 Å². The number of nitrogens with zero attached hydrogens (tertiary/aromatic N) is 1. The zero-order valence-electron chi connectivity index (χ0n) is 3.03. The van der Waals surface area contributed by atoms with E-state index in [2.05, 4.69) is 0 Å². The maximum Gasteiger partial charge on any atom is 1.00 e. The van der Waals surface area contributed by atoms with Gasteiger partial charge in [0.05, 0.1) is 5.09 Å². The number of rotatable bonds is 0. The van der Waals surface area contributed by atoms with Crippen LogP contribution >= 0.6 is 0 Å². The molecular weight excluding hydrogens is 157 g/mol. The molecule has 0 N–H and O–H groups in total. The van der Waals surface area contributed by atoms with E-state index in [0.29, 0.717) is 0 Å². The molecule has 0 aromatic heterocycles. The molecule has 0 spiro atoms. The summed E-state index contributed by atoms with van der Waals surface area (Å²) < 4.78 is 0. The van der Waals surface area contributed by atoms with Crippen LogP contribution in [-0.2, 0) is 17.1 Å². The van der Waals surface area contributed by atoms with Gasteiger partial charge >= 0.3 is 51.4 Å². The van der Waals surface area contributed by atoms with Crippen LogP contribution in [0.3, 0.4) is 0 Å². The van der Waals surface area contributed by atoms with Crippen LogP contribution in [0.2, 0.25) is 0 Å². The Morgan fingerprint density at radius 2 is 1.33 bits per heavy atom. The molecule has 0 rings (SSSR count). The molecule has 0 aliphatic rings. The van der Waals surface area contributed by atoms with Gasteiger partial charge in [0.15, 0.2) is 0 Å². The molecule has 0 amide bonds. The van der Waals surface area contributed by atoms with E-state index in [1.807, 2.05) is 0 Å². The summed E-state index contributed by atoms with van der Waals surface area (Å²) in [4.78, 5) is 8.25. The zero-order valence-corrected chi connectivity index (χ0v) is 7.25. The Kier molecular flexibility index (Phi) is 25.1. The first-order valence-electron chi connectivity index (χ1n) is 0.548. The largest absolute Gasteiger partial charge is 1.00 e. The summed E-state index contributed by atoms with van der Waals surface area (Å²) >= 11 is 0. The van der Waals surface area contributed by atoms with Crippen molar-refractivity contribution in [2.45, 2.75) is 0 Å². The maximum absolute atomic E-state index is 8.25. The van der Waals surface area contributed by atoms with Gasteiger partial charge in [0.2, 0.25) is 0 Å². The van der Waals surface area contributed by atoms with Crippen LogP contribution in [0, 0.1) is 15.3 Å². The molecule has 0 aromatic carbocycles. The molecule has 0 radical (unpaired) electrons. The molecule has 0 atom stereocenters. The van der Waals surface area contributed by atoms with Gasteiger partial charge in [-0.25, -0.2) is 0 Å². The summed E-state index contributed by atoms with van der Waals surface area (Å²) in [5.74, 6) is 0. The molecule has 0 saturated heterocycles. The van der Waals surface area contributed by atoms with Crippen LogP contribution < -0.4 is 51.4 Å². The van der Waals surface area contributed by atoms with Crippen molar-refractivity contribution in [2.24, 2.45) is 0 Å². The third-order valence-electron chi connectivity index (χ3n) is 0. The van der Waals surface area contributed by atoms with Crippen molar-refractivity contribution in [1.82, 2.24) is 0 Å². The average Bonchev–Trinajstić information content (AvgIpc) is 0.811. The third kappa shape index (κ3) is 55.3. The fourth-order valence-electron chi connectivity index (χ4n) is 0. The Morgan fingerprint density at radius 1 is 1.33 bits per heavy atom. The van der Waals surface area contributed by atoms with Gasteiger partial charge in [-0.15, -0.1) is 0 Å². The van der Waals surface area contributed by atoms with E-state index in [-0.39, 0.29) is 68.5 Å². The Balaban J connectivity index is -0.0000000450. The summed E-state index contributed by atoms with van der Waals surface area (Å²) in [6.07, 6.45) is 0. The predicted molar refractivity (Wildman–Crippen MR) is 10.4 cm³/mol. The fourth-order valence-corrected chi connectivity index (χ4v) is 0. The minimum Gasteiger partial charge on any atom is -0.356 e. The second-order valence-corrected chi connectivity index (χ2v) is 0.224. The average molecular weight is 157 g/mol. The van der Waals surface area contributed by atoms with E-state index in [1.54, 1.807) is 0 Å². The van der Waals surface area contributed by atoms with E-state index in [9.17, 15) is 0 Å². The molecular formula is FeKNO3. The van der Waals surface area contributed by atoms with Gasteiger partial charge in [-0.1, -0.05) is 0 Å². The Hall–Kier alpha value is 1.36. The second-order valence-electron chi connectivity index (χ2n) is 0.224. The summed E-state index contributed by atoms with van der Waals surface area (Å²) in [5.41, 5.74) is 0. The van der Waals surface area contributed by atoms with Crippen molar-refractivity contribution in [1.29, 1.82) is 0 Å². The van der Waals surface area contributed by atoms with Gasteiger partial charge in [0.1, 0.15) is 0 Å². The molecule has 0 aliphatic heterocycles. The molecule has 0 heterocycles. The monoisotopic (exact) mass is 157 g/mol. The van der Waals surface area contributed by atoms with Crippen molar-refractivity contribution in [3.05, 3.63) is 15.3 Å². The Morgan fingerprint density at radius 3 is 1.33 bits per heavy atom. The van der Waals surface area contributed by atoms with Gasteiger partial charge in [0, 0.05) is 17.1 Å². The minimum absolute atomic E-state index is 0. The zero-order chi connectivity index (χ0) is 3.58. The molecule has 4 nitrogen and oxygen atoms in total. The molecule has 6 heteroatoms. The molecule has 6 heavy (non-hydrogen) atoms. The van der Waals surface area contributed by atoms with E-state index >= 15 is 0 Å². The predicted octanol–water partition coefficient (Wildman–Crippen LogP) is -3.24. The summed E-state index contributed by atoms with van der Waals surface area (Å²) in [6, 6.07) is 0. The quantitative estimate of drug-likeness (QED) is 0.211. The molecule has 32 valence electrons. The van der Waals surface area contributed by atoms with Gasteiger partial charge in [0.25, 0.3) is 0 Å². The summed E-state index contributed by atoms with van der Waals surface area (Å²) in [6.45, 7) is 0. The topological polar surface area (TPSA) is 66.2 Å². The Labute approximate surface area is 87.3 Å². The SMILES string of the molecule is O=[N+]([O-])[O-].[Fe].[K+]. The van der Waals surface area contributed by atoms with Crippen molar-refractivity contribution in [3.63, 3.8) is 0 Å². The van der Waals surface area contributed by atoms with Gasteiger partial charge in [-0.2, -0.15) is 0 Å². The van der Waals surface area contributed by atoms with Gasteiger partial charge in [-0.3, -0.25) is 0 Å². The van der Waals surface area contributed by atoms with E-state index < -0.39 is 5.09 Å². The van der Waals surface area contributed by atoms with E-state index in [4.69, 9.17) is 15.3 Å².